The van der Waals surface area contributed by atoms with E-state index in [9.17, 15) is 5.11 Å². The van der Waals surface area contributed by atoms with Crippen LogP contribution in [-0.2, 0) is 0 Å². The van der Waals surface area contributed by atoms with Crippen LogP contribution in [0.2, 0.25) is 0 Å². The van der Waals surface area contributed by atoms with Crippen LogP contribution < -0.4 is 0 Å². The molecule has 2 nitrogen and oxygen atoms in total. The molecule has 2 heteroatoms. The molecule has 0 unspecified atom stereocenters. The zero-order chi connectivity index (χ0) is 10.6. The van der Waals surface area contributed by atoms with Gasteiger partial charge in [0.1, 0.15) is 6.61 Å². The van der Waals surface area contributed by atoms with Gasteiger partial charge in [0.05, 0.1) is 5.60 Å². The summed E-state index contributed by atoms with van der Waals surface area (Å²) in [4.78, 5) is 0. The molecule has 1 fully saturated rings. The second-order valence-corrected chi connectivity index (χ2v) is 4.51. The Bertz CT molecular complexity index is 226. The molecule has 0 saturated heterocycles. The Morgan fingerprint density at radius 3 is 2.36 bits per heavy atom. The third-order valence-electron chi connectivity index (χ3n) is 3.31. The maximum absolute atomic E-state index is 10.2. The molecule has 0 aromatic carbocycles. The van der Waals surface area contributed by atoms with E-state index < -0.39 is 5.60 Å². The highest BCUT2D eigenvalue weighted by Gasteiger charge is 2.35. The van der Waals surface area contributed by atoms with Gasteiger partial charge < -0.3 is 10.2 Å². The van der Waals surface area contributed by atoms with Crippen LogP contribution in [0.5, 0.6) is 0 Å². The molecule has 0 atom stereocenters. The molecule has 0 radical (unpaired) electrons. The van der Waals surface area contributed by atoms with Gasteiger partial charge in [-0.3, -0.25) is 0 Å². The van der Waals surface area contributed by atoms with Gasteiger partial charge in [-0.2, -0.15) is 0 Å². The second kappa shape index (κ2) is 4.82. The fourth-order valence-electron chi connectivity index (χ4n) is 2.03. The SMILES string of the molecule is CC(C)C1(O)CCC(C#CCO)CC1. The van der Waals surface area contributed by atoms with Crippen molar-refractivity contribution < 1.29 is 10.2 Å². The van der Waals surface area contributed by atoms with Crippen molar-refractivity contribution in [3.8, 4) is 11.8 Å². The average molecular weight is 196 g/mol. The van der Waals surface area contributed by atoms with Crippen molar-refractivity contribution in [3.63, 3.8) is 0 Å². The molecular weight excluding hydrogens is 176 g/mol. The van der Waals surface area contributed by atoms with Crippen molar-refractivity contribution in [1.29, 1.82) is 0 Å². The Labute approximate surface area is 86.3 Å². The van der Waals surface area contributed by atoms with Crippen LogP contribution in [0.4, 0.5) is 0 Å². The van der Waals surface area contributed by atoms with Crippen molar-refractivity contribution in [2.24, 2.45) is 11.8 Å². The summed E-state index contributed by atoms with van der Waals surface area (Å²) in [5.74, 6) is 6.44. The first kappa shape index (κ1) is 11.6. The normalized spacial score (nSPS) is 32.5. The van der Waals surface area contributed by atoms with Gasteiger partial charge in [0.25, 0.3) is 0 Å². The van der Waals surface area contributed by atoms with E-state index in [1.54, 1.807) is 0 Å². The Hall–Kier alpha value is -0.520. The van der Waals surface area contributed by atoms with Gasteiger partial charge in [-0.15, -0.1) is 0 Å². The molecular formula is C12H20O2. The zero-order valence-corrected chi connectivity index (χ0v) is 9.08. The number of rotatable bonds is 1. The van der Waals surface area contributed by atoms with E-state index in [4.69, 9.17) is 5.11 Å². The van der Waals surface area contributed by atoms with Gasteiger partial charge in [0, 0.05) is 5.92 Å². The summed E-state index contributed by atoms with van der Waals surface area (Å²) < 4.78 is 0. The minimum absolute atomic E-state index is 0.0506. The minimum Gasteiger partial charge on any atom is -0.390 e. The molecule has 2 N–H and O–H groups in total. The number of hydrogen-bond acceptors (Lipinski definition) is 2. The third-order valence-corrected chi connectivity index (χ3v) is 3.31. The van der Waals surface area contributed by atoms with Crippen LogP contribution >= 0.6 is 0 Å². The van der Waals surface area contributed by atoms with Crippen molar-refractivity contribution in [3.05, 3.63) is 0 Å². The molecule has 0 bridgehead atoms. The topological polar surface area (TPSA) is 40.5 Å². The molecule has 0 aromatic heterocycles. The van der Waals surface area contributed by atoms with Crippen LogP contribution in [0.25, 0.3) is 0 Å². The van der Waals surface area contributed by atoms with E-state index in [1.165, 1.54) is 0 Å². The predicted molar refractivity (Wildman–Crippen MR) is 56.6 cm³/mol. The Morgan fingerprint density at radius 2 is 1.93 bits per heavy atom. The quantitative estimate of drug-likeness (QED) is 0.625. The van der Waals surface area contributed by atoms with Crippen LogP contribution in [0.3, 0.4) is 0 Å². The lowest BCUT2D eigenvalue weighted by Crippen LogP contribution is -2.38. The summed E-state index contributed by atoms with van der Waals surface area (Å²) in [6, 6.07) is 0. The first-order valence-corrected chi connectivity index (χ1v) is 5.40. The molecule has 1 rings (SSSR count). The van der Waals surface area contributed by atoms with Gasteiger partial charge in [0.15, 0.2) is 0 Å². The average Bonchev–Trinajstić information content (AvgIpc) is 2.17. The molecule has 1 saturated carbocycles. The van der Waals surface area contributed by atoms with Gasteiger partial charge in [-0.05, 0) is 31.6 Å². The predicted octanol–water partition coefficient (Wildman–Crippen LogP) is 1.56. The standard InChI is InChI=1S/C12H20O2/c1-10(2)12(14)7-5-11(6-8-12)4-3-9-13/h10-11,13-14H,5-9H2,1-2H3. The van der Waals surface area contributed by atoms with E-state index in [2.05, 4.69) is 25.7 Å². The molecule has 0 heterocycles. The van der Waals surface area contributed by atoms with Gasteiger partial charge in [-0.1, -0.05) is 25.7 Å². The minimum atomic E-state index is -0.475. The highest BCUT2D eigenvalue weighted by Crippen LogP contribution is 2.36. The van der Waals surface area contributed by atoms with E-state index in [-0.39, 0.29) is 6.61 Å². The van der Waals surface area contributed by atoms with E-state index >= 15 is 0 Å². The summed E-state index contributed by atoms with van der Waals surface area (Å²) in [6.45, 7) is 4.09. The molecule has 0 aromatic rings. The lowest BCUT2D eigenvalue weighted by molar-refractivity contribution is -0.0428. The van der Waals surface area contributed by atoms with Gasteiger partial charge in [-0.25, -0.2) is 0 Å². The van der Waals surface area contributed by atoms with Gasteiger partial charge >= 0.3 is 0 Å². The van der Waals surface area contributed by atoms with Crippen molar-refractivity contribution in [2.45, 2.75) is 45.1 Å². The molecule has 0 aliphatic heterocycles. The maximum Gasteiger partial charge on any atom is 0.104 e. The highest BCUT2D eigenvalue weighted by atomic mass is 16.3. The Kier molecular flexibility index (Phi) is 3.97. The number of aliphatic hydroxyl groups excluding tert-OH is 1. The van der Waals surface area contributed by atoms with Crippen LogP contribution in [0.1, 0.15) is 39.5 Å². The Morgan fingerprint density at radius 1 is 1.36 bits per heavy atom. The van der Waals surface area contributed by atoms with Crippen molar-refractivity contribution >= 4 is 0 Å². The number of aliphatic hydroxyl groups is 2. The van der Waals surface area contributed by atoms with Crippen LogP contribution in [0, 0.1) is 23.7 Å². The van der Waals surface area contributed by atoms with Crippen LogP contribution in [0.15, 0.2) is 0 Å². The molecule has 1 aliphatic carbocycles. The Balaban J connectivity index is 2.45. The summed E-state index contributed by atoms with van der Waals surface area (Å²) in [5.41, 5.74) is -0.475. The van der Waals surface area contributed by atoms with Gasteiger partial charge in [0.2, 0.25) is 0 Å². The molecule has 14 heavy (non-hydrogen) atoms. The fourth-order valence-corrected chi connectivity index (χ4v) is 2.03. The molecule has 80 valence electrons. The summed E-state index contributed by atoms with van der Waals surface area (Å²) in [7, 11) is 0. The fraction of sp³-hybridized carbons (Fsp3) is 0.833. The summed E-state index contributed by atoms with van der Waals surface area (Å²) in [5, 5.41) is 18.8. The number of hydrogen-bond donors (Lipinski definition) is 2. The molecule has 0 spiro atoms. The molecule has 1 aliphatic rings. The zero-order valence-electron chi connectivity index (χ0n) is 9.08. The van der Waals surface area contributed by atoms with E-state index in [1.807, 2.05) is 0 Å². The lowest BCUT2D eigenvalue weighted by atomic mass is 9.73. The monoisotopic (exact) mass is 196 g/mol. The smallest absolute Gasteiger partial charge is 0.104 e. The van der Waals surface area contributed by atoms with Crippen molar-refractivity contribution in [1.82, 2.24) is 0 Å². The largest absolute Gasteiger partial charge is 0.390 e. The van der Waals surface area contributed by atoms with Crippen LogP contribution in [-0.4, -0.2) is 22.4 Å². The first-order chi connectivity index (χ1) is 6.58. The second-order valence-electron chi connectivity index (χ2n) is 4.51. The van der Waals surface area contributed by atoms with E-state index in [0.717, 1.165) is 25.7 Å². The first-order valence-electron chi connectivity index (χ1n) is 5.40. The third kappa shape index (κ3) is 2.73. The lowest BCUT2D eigenvalue weighted by Gasteiger charge is -2.37. The molecule has 0 amide bonds. The maximum atomic E-state index is 10.2. The summed E-state index contributed by atoms with van der Waals surface area (Å²) in [6.07, 6.45) is 3.61. The van der Waals surface area contributed by atoms with E-state index in [0.29, 0.717) is 11.8 Å². The highest BCUT2D eigenvalue weighted by molar-refractivity contribution is 5.06. The van der Waals surface area contributed by atoms with Crippen molar-refractivity contribution in [2.75, 3.05) is 6.61 Å². The summed E-state index contributed by atoms with van der Waals surface area (Å²) >= 11 is 0.